The number of aryl methyl sites for hydroxylation is 1. The normalized spacial score (nSPS) is 18.8. The number of amides is 4. The number of hydrogen-bond acceptors (Lipinski definition) is 16. The number of nitrogens with two attached hydrogens (primary N) is 2. The zero-order valence-electron chi connectivity index (χ0n) is 39.6. The molecule has 370 valence electrons. The van der Waals surface area contributed by atoms with Gasteiger partial charge in [0.1, 0.15) is 18.7 Å². The fourth-order valence-electron chi connectivity index (χ4n) is 8.55. The van der Waals surface area contributed by atoms with Crippen molar-refractivity contribution in [2.45, 2.75) is 103 Å². The van der Waals surface area contributed by atoms with E-state index in [0.29, 0.717) is 32.1 Å². The molecule has 2 fully saturated rings. The molecule has 3 aromatic heterocycles. The predicted octanol–water partition coefficient (Wildman–Crippen LogP) is 3.64. The average Bonchev–Trinajstić information content (AvgIpc) is 4.06. The number of nitrogens with one attached hydrogen (secondary N) is 4. The Hall–Kier alpha value is -6.10. The van der Waals surface area contributed by atoms with Gasteiger partial charge < -0.3 is 61.5 Å². The molecule has 1 aliphatic heterocycles. The largest absolute Gasteiger partial charge is 0.391 e. The van der Waals surface area contributed by atoms with E-state index in [9.17, 15) is 24.3 Å². The number of fused-ring (bicyclic) bond motifs is 1. The molecule has 4 heterocycles. The van der Waals surface area contributed by atoms with Gasteiger partial charge in [-0.25, -0.2) is 4.98 Å². The van der Waals surface area contributed by atoms with Gasteiger partial charge in [-0.1, -0.05) is 63.9 Å². The maximum atomic E-state index is 14.0. The molecule has 0 unspecified atom stereocenters. The topological polar surface area (TPSA) is 276 Å². The zero-order chi connectivity index (χ0) is 49.1. The second-order valence-electron chi connectivity index (χ2n) is 18.5. The summed E-state index contributed by atoms with van der Waals surface area (Å²) in [6, 6.07) is 13.7. The molecule has 0 bridgehead atoms. The lowest BCUT2D eigenvalue weighted by molar-refractivity contribution is -0.144. The van der Waals surface area contributed by atoms with Crippen LogP contribution in [0.4, 0.5) is 17.5 Å². The third kappa shape index (κ3) is 13.4. The highest BCUT2D eigenvalue weighted by Gasteiger charge is 2.44. The summed E-state index contributed by atoms with van der Waals surface area (Å²) in [4.78, 5) is 64.0. The van der Waals surface area contributed by atoms with Crippen molar-refractivity contribution in [1.82, 2.24) is 40.3 Å². The number of benzene rings is 2. The van der Waals surface area contributed by atoms with E-state index in [2.05, 4.69) is 46.0 Å². The number of β-amino-alcohol motifs (C(OH)–C–C–N with tert-alkyl or cyclic N) is 1. The minimum atomic E-state index is -0.977. The third-order valence-corrected chi connectivity index (χ3v) is 13.3. The molecule has 5 aromatic rings. The van der Waals surface area contributed by atoms with E-state index < -0.39 is 41.3 Å². The highest BCUT2D eigenvalue weighted by Crippen LogP contribution is 2.30. The number of nitrogens with zero attached hydrogens (tertiary/aromatic N) is 6. The molecule has 2 aliphatic rings. The standard InChI is InChI=1S/C48H64N12O8S/c1-29-41(69-28-52-29)31-14-12-30(13-15-31)25-51-45(64)38-24-32(61)26-60(38)46(65)42(48(2,3)4)55-39(62)27-68-23-22-67-21-20-66-19-18-59-17-16-33-35(10-7-11-37(33)59)53-44-40(43(50)63)57-58-47(56-44)54-36-9-6-5-8-34(36)49/h7,10-17,28,32,34,36,38,42,61H,5-6,8-9,18-27,49H2,1-4H3,(H2,50,63)(H,51,64)(H,55,62)(H2,53,54,56,58)/t32-,34+,36-,38+,42-/m1/s1. The number of hydrogen-bond donors (Lipinski definition) is 7. The highest BCUT2D eigenvalue weighted by atomic mass is 32.1. The first-order valence-electron chi connectivity index (χ1n) is 23.4. The first kappa shape index (κ1) is 50.8. The van der Waals surface area contributed by atoms with Crippen LogP contribution in [-0.2, 0) is 41.7 Å². The van der Waals surface area contributed by atoms with E-state index in [1.54, 1.807) is 11.3 Å². The molecular formula is C48H64N12O8S. The molecule has 0 spiro atoms. The van der Waals surface area contributed by atoms with Crippen molar-refractivity contribution >= 4 is 63.3 Å². The average molecular weight is 969 g/mol. The van der Waals surface area contributed by atoms with E-state index >= 15 is 0 Å². The summed E-state index contributed by atoms with van der Waals surface area (Å²) in [7, 11) is 0. The van der Waals surface area contributed by atoms with Crippen LogP contribution in [0.25, 0.3) is 21.3 Å². The van der Waals surface area contributed by atoms with Gasteiger partial charge in [0.15, 0.2) is 11.5 Å². The Kier molecular flexibility index (Phi) is 17.3. The van der Waals surface area contributed by atoms with E-state index in [1.807, 2.05) is 87.9 Å². The second-order valence-corrected chi connectivity index (χ2v) is 19.3. The molecule has 69 heavy (non-hydrogen) atoms. The number of anilines is 3. The van der Waals surface area contributed by atoms with Crippen LogP contribution in [0.1, 0.15) is 74.6 Å². The summed E-state index contributed by atoms with van der Waals surface area (Å²) in [5.41, 5.74) is 17.5. The molecule has 7 rings (SSSR count). The van der Waals surface area contributed by atoms with Gasteiger partial charge in [0.25, 0.3) is 5.91 Å². The van der Waals surface area contributed by atoms with E-state index in [4.69, 9.17) is 25.7 Å². The van der Waals surface area contributed by atoms with Crippen molar-refractivity contribution in [3.63, 3.8) is 0 Å². The second kappa shape index (κ2) is 23.5. The fraction of sp³-hybridized carbons (Fsp3) is 0.500. The van der Waals surface area contributed by atoms with Crippen LogP contribution in [0, 0.1) is 12.3 Å². The van der Waals surface area contributed by atoms with Gasteiger partial charge in [0.05, 0.1) is 60.7 Å². The Morgan fingerprint density at radius 3 is 2.41 bits per heavy atom. The molecule has 1 saturated carbocycles. The van der Waals surface area contributed by atoms with Crippen molar-refractivity contribution in [3.05, 3.63) is 77.2 Å². The number of carbonyl (C=O) groups excluding carboxylic acids is 4. The highest BCUT2D eigenvalue weighted by molar-refractivity contribution is 7.13. The van der Waals surface area contributed by atoms with Crippen molar-refractivity contribution in [2.75, 3.05) is 56.8 Å². The van der Waals surface area contributed by atoms with Gasteiger partial charge in [-0.15, -0.1) is 21.5 Å². The van der Waals surface area contributed by atoms with Crippen LogP contribution < -0.4 is 32.7 Å². The van der Waals surface area contributed by atoms with Gasteiger partial charge in [-0.3, -0.25) is 19.2 Å². The van der Waals surface area contributed by atoms with Crippen molar-refractivity contribution in [3.8, 4) is 10.4 Å². The predicted molar refractivity (Wildman–Crippen MR) is 262 cm³/mol. The monoisotopic (exact) mass is 968 g/mol. The lowest BCUT2D eigenvalue weighted by Crippen LogP contribution is -2.58. The molecule has 2 aromatic carbocycles. The SMILES string of the molecule is Cc1ncsc1-c1ccc(CNC(=O)[C@@H]2C[C@@H](O)CN2C(=O)[C@@H](NC(=O)COCCOCCOCCn2ccc3c(Nc4nc(N[C@@H]5CCCC[C@@H]5N)nnc4C(N)=O)cccc32)C(C)(C)C)cc1. The molecule has 20 nitrogen and oxygen atoms in total. The summed E-state index contributed by atoms with van der Waals surface area (Å²) in [6.07, 6.45) is 5.10. The quantitative estimate of drug-likeness (QED) is 0.0488. The van der Waals surface area contributed by atoms with Crippen molar-refractivity contribution < 1.29 is 38.5 Å². The summed E-state index contributed by atoms with van der Waals surface area (Å²) < 4.78 is 19.1. The number of aromatic nitrogens is 5. The zero-order valence-corrected chi connectivity index (χ0v) is 40.4. The van der Waals surface area contributed by atoms with Gasteiger partial charge in [0, 0.05) is 55.4 Å². The molecule has 9 N–H and O–H groups in total. The van der Waals surface area contributed by atoms with Gasteiger partial charge >= 0.3 is 0 Å². The Morgan fingerprint density at radius 2 is 1.70 bits per heavy atom. The van der Waals surface area contributed by atoms with Gasteiger partial charge in [-0.05, 0) is 54.5 Å². The Bertz CT molecular complexity index is 2550. The van der Waals surface area contributed by atoms with Crippen LogP contribution in [0.15, 0.2) is 60.2 Å². The Morgan fingerprint density at radius 1 is 0.957 bits per heavy atom. The number of primary amides is 1. The number of likely N-dealkylation sites (tertiary alicyclic amines) is 1. The van der Waals surface area contributed by atoms with Crippen molar-refractivity contribution in [2.24, 2.45) is 16.9 Å². The van der Waals surface area contributed by atoms with Crippen molar-refractivity contribution in [1.29, 1.82) is 0 Å². The number of aliphatic hydroxyl groups excluding tert-OH is 1. The van der Waals surface area contributed by atoms with Gasteiger partial charge in [-0.2, -0.15) is 4.98 Å². The summed E-state index contributed by atoms with van der Waals surface area (Å²) in [6.45, 7) is 9.36. The number of rotatable bonds is 22. The molecule has 1 aliphatic carbocycles. The van der Waals surface area contributed by atoms with Crippen LogP contribution >= 0.6 is 11.3 Å². The van der Waals surface area contributed by atoms with Gasteiger partial charge in [0.2, 0.25) is 23.7 Å². The third-order valence-electron chi connectivity index (χ3n) is 12.3. The number of aliphatic hydroxyl groups is 1. The maximum absolute atomic E-state index is 14.0. The Balaban J connectivity index is 0.804. The minimum absolute atomic E-state index is 0.00519. The first-order valence-corrected chi connectivity index (χ1v) is 24.2. The lowest BCUT2D eigenvalue weighted by atomic mass is 9.85. The molecule has 0 radical (unpaired) electrons. The van der Waals surface area contributed by atoms with Crippen LogP contribution in [0.2, 0.25) is 0 Å². The molecule has 5 atom stereocenters. The number of carbonyl (C=O) groups is 4. The minimum Gasteiger partial charge on any atom is -0.391 e. The molecule has 21 heteroatoms. The molecule has 4 amide bonds. The van der Waals surface area contributed by atoms with E-state index in [-0.39, 0.29) is 74.8 Å². The van der Waals surface area contributed by atoms with E-state index in [1.165, 1.54) is 4.90 Å². The van der Waals surface area contributed by atoms with Crippen LogP contribution in [-0.4, -0.2) is 135 Å². The molecular weight excluding hydrogens is 905 g/mol. The fourth-order valence-corrected chi connectivity index (χ4v) is 9.36. The van der Waals surface area contributed by atoms with Crippen LogP contribution in [0.5, 0.6) is 0 Å². The maximum Gasteiger partial charge on any atom is 0.273 e. The van der Waals surface area contributed by atoms with Crippen LogP contribution in [0.3, 0.4) is 0 Å². The molecule has 1 saturated heterocycles. The van der Waals surface area contributed by atoms with E-state index in [0.717, 1.165) is 58.3 Å². The summed E-state index contributed by atoms with van der Waals surface area (Å²) in [5.74, 6) is -1.62. The lowest BCUT2D eigenvalue weighted by Gasteiger charge is -2.35. The number of thiazole rings is 1. The summed E-state index contributed by atoms with van der Waals surface area (Å²) >= 11 is 1.57. The first-order chi connectivity index (χ1) is 33.2. The smallest absolute Gasteiger partial charge is 0.273 e. The summed E-state index contributed by atoms with van der Waals surface area (Å²) in [5, 5.41) is 31.9. The Labute approximate surface area is 405 Å². The number of ether oxygens (including phenoxy) is 3.